The highest BCUT2D eigenvalue weighted by atomic mass is 15.2. The summed E-state index contributed by atoms with van der Waals surface area (Å²) in [5, 5.41) is 3.71. The number of nitrogens with zero attached hydrogens (tertiary/aromatic N) is 2. The minimum absolute atomic E-state index is 0.521. The molecule has 1 aliphatic rings. The van der Waals surface area contributed by atoms with Crippen LogP contribution in [0.1, 0.15) is 67.4 Å². The number of rotatable bonds is 11. The molecule has 0 radical (unpaired) electrons. The Morgan fingerprint density at radius 1 is 0.274 bits per heavy atom. The maximum Gasteiger partial charge on any atom is 0.169 e. The average Bonchev–Trinajstić information content (AvgIpc) is 3.37. The van der Waals surface area contributed by atoms with Gasteiger partial charge in [-0.25, -0.2) is 9.98 Å². The summed E-state index contributed by atoms with van der Waals surface area (Å²) in [5.41, 5.74) is 11.2. The van der Waals surface area contributed by atoms with E-state index < -0.39 is 17.0 Å². The Labute approximate surface area is 364 Å². The van der Waals surface area contributed by atoms with Crippen LogP contribution >= 0.6 is 0 Å². The maximum atomic E-state index is 5.50. The van der Waals surface area contributed by atoms with E-state index in [-0.39, 0.29) is 0 Å². The smallest absolute Gasteiger partial charge is 0.169 e. The lowest BCUT2D eigenvalue weighted by molar-refractivity contribution is 0.724. The second-order valence-electron chi connectivity index (χ2n) is 15.7. The van der Waals surface area contributed by atoms with Crippen LogP contribution in [-0.2, 0) is 10.8 Å². The number of hydrogen-bond acceptors (Lipinski definition) is 3. The number of benzene rings is 9. The van der Waals surface area contributed by atoms with Crippen LogP contribution in [0.5, 0.6) is 0 Å². The molecular formula is C59H45N3. The topological polar surface area (TPSA) is 36.8 Å². The average molecular weight is 796 g/mol. The molecule has 1 N–H and O–H groups in total. The molecule has 0 saturated heterocycles. The van der Waals surface area contributed by atoms with Crippen molar-refractivity contribution >= 4 is 11.7 Å². The second kappa shape index (κ2) is 17.0. The molecule has 0 saturated carbocycles. The molecule has 0 bridgehead atoms. The third-order valence-corrected chi connectivity index (χ3v) is 12.2. The number of amidine groups is 2. The lowest BCUT2D eigenvalue weighted by atomic mass is 9.65. The Morgan fingerprint density at radius 2 is 0.565 bits per heavy atom. The third-order valence-electron chi connectivity index (χ3n) is 12.2. The van der Waals surface area contributed by atoms with E-state index in [2.05, 4.69) is 260 Å². The van der Waals surface area contributed by atoms with Gasteiger partial charge in [0.25, 0.3) is 0 Å². The highest BCUT2D eigenvalue weighted by Gasteiger charge is 2.40. The van der Waals surface area contributed by atoms with E-state index in [0.29, 0.717) is 0 Å². The van der Waals surface area contributed by atoms with E-state index in [1.807, 2.05) is 6.07 Å². The first-order valence-electron chi connectivity index (χ1n) is 21.3. The van der Waals surface area contributed by atoms with Crippen LogP contribution in [0, 0.1) is 0 Å². The molecule has 0 aliphatic carbocycles. The molecule has 3 nitrogen and oxygen atoms in total. The summed E-state index contributed by atoms with van der Waals surface area (Å²) in [6.45, 7) is 0. The molecule has 296 valence electrons. The SMILES string of the molecule is c1ccc(C2=NC(c3cccc(C(c4ccccc4)(c4ccccc4)c4ccccc4)c3)N=C(c3cccc(C(c4ccccc4)(c4ccccc4)c4ccccc4)c3)N2)cc1. The van der Waals surface area contributed by atoms with Gasteiger partial charge in [-0.3, -0.25) is 0 Å². The second-order valence-corrected chi connectivity index (χ2v) is 15.7. The Hall–Kier alpha value is -7.88. The predicted octanol–water partition coefficient (Wildman–Crippen LogP) is 12.9. The molecule has 0 aromatic heterocycles. The molecule has 3 heteroatoms. The van der Waals surface area contributed by atoms with Gasteiger partial charge >= 0.3 is 0 Å². The van der Waals surface area contributed by atoms with Crippen molar-refractivity contribution in [3.8, 4) is 0 Å². The number of hydrogen-bond donors (Lipinski definition) is 1. The van der Waals surface area contributed by atoms with Crippen LogP contribution in [-0.4, -0.2) is 11.7 Å². The standard InChI is InChI=1S/C59H45N3/c1-8-24-44(25-9-1)55-60-56(45-26-22-40-53(42-45)58(47-28-10-2-11-29-47,48-30-12-3-13-31-48)49-32-14-4-15-33-49)62-57(61-55)46-27-23-41-54(43-46)59(50-34-16-5-17-35-50,51-36-18-6-19-37-51)52-38-20-7-21-39-52/h1-43,56H,(H,60,61,62). The summed E-state index contributed by atoms with van der Waals surface area (Å²) in [7, 11) is 0. The lowest BCUT2D eigenvalue weighted by Crippen LogP contribution is -2.37. The monoisotopic (exact) mass is 795 g/mol. The first-order chi connectivity index (χ1) is 30.7. The van der Waals surface area contributed by atoms with Gasteiger partial charge in [-0.15, -0.1) is 0 Å². The number of nitrogens with one attached hydrogen (secondary N) is 1. The fourth-order valence-corrected chi connectivity index (χ4v) is 9.45. The maximum absolute atomic E-state index is 5.50. The molecular weight excluding hydrogens is 751 g/mol. The quantitative estimate of drug-likeness (QED) is 0.130. The Morgan fingerprint density at radius 3 is 0.952 bits per heavy atom. The fraction of sp³-hybridized carbons (Fsp3) is 0.0508. The summed E-state index contributed by atoms with van der Waals surface area (Å²) in [6.07, 6.45) is -0.521. The van der Waals surface area contributed by atoms with E-state index in [9.17, 15) is 0 Å². The van der Waals surface area contributed by atoms with Crippen LogP contribution in [0.15, 0.2) is 271 Å². The molecule has 9 aromatic rings. The largest absolute Gasteiger partial charge is 0.324 e. The van der Waals surface area contributed by atoms with Crippen molar-refractivity contribution in [1.82, 2.24) is 5.32 Å². The lowest BCUT2D eigenvalue weighted by Gasteiger charge is -2.37. The van der Waals surface area contributed by atoms with E-state index in [0.717, 1.165) is 39.5 Å². The summed E-state index contributed by atoms with van der Waals surface area (Å²) in [5.74, 6) is 1.54. The van der Waals surface area contributed by atoms with Crippen molar-refractivity contribution in [3.05, 3.63) is 322 Å². The van der Waals surface area contributed by atoms with Crippen molar-refractivity contribution in [2.75, 3.05) is 0 Å². The molecule has 9 aromatic carbocycles. The van der Waals surface area contributed by atoms with Crippen molar-refractivity contribution in [2.45, 2.75) is 17.0 Å². The van der Waals surface area contributed by atoms with Gasteiger partial charge in [-0.05, 0) is 56.1 Å². The van der Waals surface area contributed by atoms with Gasteiger partial charge in [0.15, 0.2) is 6.17 Å². The molecule has 1 unspecified atom stereocenters. The van der Waals surface area contributed by atoms with E-state index >= 15 is 0 Å². The van der Waals surface area contributed by atoms with E-state index in [1.54, 1.807) is 0 Å². The Kier molecular flexibility index (Phi) is 10.5. The van der Waals surface area contributed by atoms with Crippen molar-refractivity contribution in [3.63, 3.8) is 0 Å². The van der Waals surface area contributed by atoms with Crippen molar-refractivity contribution in [2.24, 2.45) is 9.98 Å². The van der Waals surface area contributed by atoms with Crippen LogP contribution in [0.25, 0.3) is 0 Å². The van der Waals surface area contributed by atoms with Crippen LogP contribution in [0.2, 0.25) is 0 Å². The van der Waals surface area contributed by atoms with Gasteiger partial charge in [-0.1, -0.05) is 255 Å². The first kappa shape index (κ1) is 38.3. The fourth-order valence-electron chi connectivity index (χ4n) is 9.45. The van der Waals surface area contributed by atoms with Gasteiger partial charge in [-0.2, -0.15) is 0 Å². The molecule has 1 atom stereocenters. The van der Waals surface area contributed by atoms with E-state index in [4.69, 9.17) is 9.98 Å². The first-order valence-corrected chi connectivity index (χ1v) is 21.3. The highest BCUT2D eigenvalue weighted by molar-refractivity contribution is 6.16. The van der Waals surface area contributed by atoms with Crippen molar-refractivity contribution < 1.29 is 0 Å². The van der Waals surface area contributed by atoms with Gasteiger partial charge in [0.2, 0.25) is 0 Å². The molecule has 1 aliphatic heterocycles. The molecule has 0 spiro atoms. The zero-order chi connectivity index (χ0) is 41.6. The summed E-state index contributed by atoms with van der Waals surface area (Å²) in [6, 6.07) is 93.2. The highest BCUT2D eigenvalue weighted by Crippen LogP contribution is 2.47. The van der Waals surface area contributed by atoms with Crippen LogP contribution < -0.4 is 5.32 Å². The third kappa shape index (κ3) is 6.94. The molecule has 1 heterocycles. The van der Waals surface area contributed by atoms with Crippen LogP contribution in [0.3, 0.4) is 0 Å². The molecule has 0 fully saturated rings. The van der Waals surface area contributed by atoms with Crippen molar-refractivity contribution in [1.29, 1.82) is 0 Å². The normalized spacial score (nSPS) is 14.0. The molecule has 0 amide bonds. The minimum atomic E-state index is -0.602. The molecule has 10 rings (SSSR count). The summed E-state index contributed by atoms with van der Waals surface area (Å²) < 4.78 is 0. The number of aliphatic imine (C=N–C) groups is 2. The zero-order valence-corrected chi connectivity index (χ0v) is 34.3. The minimum Gasteiger partial charge on any atom is -0.324 e. The predicted molar refractivity (Wildman–Crippen MR) is 255 cm³/mol. The van der Waals surface area contributed by atoms with Crippen LogP contribution in [0.4, 0.5) is 0 Å². The summed E-state index contributed by atoms with van der Waals surface area (Å²) in [4.78, 5) is 10.9. The van der Waals surface area contributed by atoms with Gasteiger partial charge in [0.1, 0.15) is 11.7 Å². The van der Waals surface area contributed by atoms with Gasteiger partial charge in [0, 0.05) is 11.1 Å². The Bertz CT molecular complexity index is 2760. The van der Waals surface area contributed by atoms with Gasteiger partial charge < -0.3 is 5.32 Å². The Balaban J connectivity index is 1.16. The van der Waals surface area contributed by atoms with E-state index in [1.165, 1.54) is 33.4 Å². The zero-order valence-electron chi connectivity index (χ0n) is 34.3. The van der Waals surface area contributed by atoms with Gasteiger partial charge in [0.05, 0.1) is 10.8 Å². The summed E-state index contributed by atoms with van der Waals surface area (Å²) >= 11 is 0. The molecule has 62 heavy (non-hydrogen) atoms.